The fourth-order valence-corrected chi connectivity index (χ4v) is 2.90. The van der Waals surface area contributed by atoms with E-state index in [-0.39, 0.29) is 5.91 Å². The van der Waals surface area contributed by atoms with Gasteiger partial charge in [-0.2, -0.15) is 5.10 Å². The van der Waals surface area contributed by atoms with Crippen LogP contribution in [0.15, 0.2) is 79.0 Å². The molecule has 2 aromatic carbocycles. The third kappa shape index (κ3) is 5.24. The van der Waals surface area contributed by atoms with E-state index in [0.717, 1.165) is 5.69 Å². The van der Waals surface area contributed by atoms with Gasteiger partial charge in [-0.25, -0.2) is 4.68 Å². The van der Waals surface area contributed by atoms with Crippen LogP contribution in [0.1, 0.15) is 16.1 Å². The van der Waals surface area contributed by atoms with Gasteiger partial charge in [0, 0.05) is 19.3 Å². The summed E-state index contributed by atoms with van der Waals surface area (Å²) in [6, 6.07) is 22.1. The third-order valence-electron chi connectivity index (χ3n) is 4.43. The Morgan fingerprint density at radius 2 is 1.74 bits per heavy atom. The standard InChI is InChI=1S/C23H22N6O2/c1-17-13-16-29(28-17)22-12-11-21(26-27-22)24-14-15-25-23(30)19-9-5-6-10-20(19)31-18-7-3-2-4-8-18/h2-13,16H,14-15H2,1H3,(H,24,26)(H,25,30). The van der Waals surface area contributed by atoms with Crippen molar-refractivity contribution < 1.29 is 9.53 Å². The number of aromatic nitrogens is 4. The molecule has 2 N–H and O–H groups in total. The first-order valence-electron chi connectivity index (χ1n) is 9.89. The highest BCUT2D eigenvalue weighted by Crippen LogP contribution is 2.24. The SMILES string of the molecule is Cc1ccn(-c2ccc(NCCNC(=O)c3ccccc3Oc3ccccc3)nn2)n1. The molecular weight excluding hydrogens is 392 g/mol. The predicted octanol–water partition coefficient (Wildman–Crippen LogP) is 3.60. The van der Waals surface area contributed by atoms with Gasteiger partial charge in [0.25, 0.3) is 5.91 Å². The van der Waals surface area contributed by atoms with Crippen LogP contribution in [-0.4, -0.2) is 39.0 Å². The number of anilines is 1. The molecule has 156 valence electrons. The van der Waals surface area contributed by atoms with Crippen molar-refractivity contribution >= 4 is 11.7 Å². The molecule has 0 unspecified atom stereocenters. The Morgan fingerprint density at radius 3 is 2.48 bits per heavy atom. The monoisotopic (exact) mass is 414 g/mol. The number of carbonyl (C=O) groups excluding carboxylic acids is 1. The number of ether oxygens (including phenoxy) is 1. The number of benzene rings is 2. The van der Waals surface area contributed by atoms with Crippen LogP contribution in [0.5, 0.6) is 11.5 Å². The van der Waals surface area contributed by atoms with Crippen LogP contribution in [0.25, 0.3) is 5.82 Å². The minimum atomic E-state index is -0.205. The first-order valence-corrected chi connectivity index (χ1v) is 9.89. The predicted molar refractivity (Wildman–Crippen MR) is 118 cm³/mol. The molecule has 1 amide bonds. The summed E-state index contributed by atoms with van der Waals surface area (Å²) in [6.07, 6.45) is 1.83. The molecule has 0 atom stereocenters. The number of nitrogens with zero attached hydrogens (tertiary/aromatic N) is 4. The minimum Gasteiger partial charge on any atom is -0.457 e. The molecule has 31 heavy (non-hydrogen) atoms. The number of aryl methyl sites for hydroxylation is 1. The summed E-state index contributed by atoms with van der Waals surface area (Å²) in [7, 11) is 0. The molecular formula is C23H22N6O2. The lowest BCUT2D eigenvalue weighted by Crippen LogP contribution is -2.29. The Hall–Kier alpha value is -4.20. The second-order valence-electron chi connectivity index (χ2n) is 6.77. The van der Waals surface area contributed by atoms with E-state index in [1.165, 1.54) is 0 Å². The molecule has 0 aliphatic rings. The molecule has 8 nitrogen and oxygen atoms in total. The van der Waals surface area contributed by atoms with Crippen LogP contribution in [-0.2, 0) is 0 Å². The number of nitrogens with one attached hydrogen (secondary N) is 2. The number of hydrogen-bond acceptors (Lipinski definition) is 6. The van der Waals surface area contributed by atoms with Gasteiger partial charge in [0.2, 0.25) is 0 Å². The molecule has 0 aliphatic carbocycles. The van der Waals surface area contributed by atoms with Crippen molar-refractivity contribution in [2.75, 3.05) is 18.4 Å². The van der Waals surface area contributed by atoms with E-state index >= 15 is 0 Å². The summed E-state index contributed by atoms with van der Waals surface area (Å²) in [5, 5.41) is 18.6. The van der Waals surface area contributed by atoms with Crippen molar-refractivity contribution in [1.29, 1.82) is 0 Å². The molecule has 0 saturated carbocycles. The molecule has 8 heteroatoms. The molecule has 4 rings (SSSR count). The number of carbonyl (C=O) groups is 1. The fraction of sp³-hybridized carbons (Fsp3) is 0.130. The molecule has 0 aliphatic heterocycles. The highest BCUT2D eigenvalue weighted by Gasteiger charge is 2.12. The van der Waals surface area contributed by atoms with Gasteiger partial charge in [0.05, 0.1) is 11.3 Å². The van der Waals surface area contributed by atoms with Gasteiger partial charge in [0.1, 0.15) is 17.3 Å². The zero-order chi connectivity index (χ0) is 21.5. The number of hydrogen-bond donors (Lipinski definition) is 2. The highest BCUT2D eigenvalue weighted by atomic mass is 16.5. The van der Waals surface area contributed by atoms with Crippen molar-refractivity contribution in [3.8, 4) is 17.3 Å². The van der Waals surface area contributed by atoms with Gasteiger partial charge in [-0.15, -0.1) is 10.2 Å². The average Bonchev–Trinajstić information content (AvgIpc) is 3.24. The van der Waals surface area contributed by atoms with E-state index < -0.39 is 0 Å². The van der Waals surface area contributed by atoms with Crippen molar-refractivity contribution in [2.45, 2.75) is 6.92 Å². The third-order valence-corrected chi connectivity index (χ3v) is 4.43. The number of amides is 1. The molecule has 2 heterocycles. The van der Waals surface area contributed by atoms with Crippen LogP contribution in [0.3, 0.4) is 0 Å². The Bertz CT molecular complexity index is 1140. The zero-order valence-electron chi connectivity index (χ0n) is 17.0. The van der Waals surface area contributed by atoms with E-state index in [4.69, 9.17) is 4.74 Å². The molecule has 0 radical (unpaired) electrons. The van der Waals surface area contributed by atoms with Crippen LogP contribution in [0.2, 0.25) is 0 Å². The van der Waals surface area contributed by atoms with Crippen LogP contribution < -0.4 is 15.4 Å². The summed E-state index contributed by atoms with van der Waals surface area (Å²) in [4.78, 5) is 12.6. The topological polar surface area (TPSA) is 94.0 Å². The Labute approximate surface area is 179 Å². The van der Waals surface area contributed by atoms with Gasteiger partial charge in [0.15, 0.2) is 5.82 Å². The first kappa shape index (κ1) is 20.1. The maximum absolute atomic E-state index is 12.6. The van der Waals surface area contributed by atoms with Crippen molar-refractivity contribution in [1.82, 2.24) is 25.3 Å². The second kappa shape index (κ2) is 9.53. The Balaban J connectivity index is 1.29. The summed E-state index contributed by atoms with van der Waals surface area (Å²) < 4.78 is 7.52. The fourth-order valence-electron chi connectivity index (χ4n) is 2.90. The normalized spacial score (nSPS) is 10.5. The highest BCUT2D eigenvalue weighted by molar-refractivity contribution is 5.97. The molecule has 0 bridgehead atoms. The number of rotatable bonds is 8. The summed E-state index contributed by atoms with van der Waals surface area (Å²) in [6.45, 7) is 2.84. The van der Waals surface area contributed by atoms with E-state index in [1.807, 2.05) is 73.8 Å². The van der Waals surface area contributed by atoms with Gasteiger partial charge >= 0.3 is 0 Å². The largest absolute Gasteiger partial charge is 0.457 e. The lowest BCUT2D eigenvalue weighted by molar-refractivity contribution is 0.0953. The Morgan fingerprint density at radius 1 is 0.935 bits per heavy atom. The van der Waals surface area contributed by atoms with Gasteiger partial charge < -0.3 is 15.4 Å². The van der Waals surface area contributed by atoms with Crippen molar-refractivity contribution in [3.63, 3.8) is 0 Å². The van der Waals surface area contributed by atoms with Crippen molar-refractivity contribution in [3.05, 3.63) is 90.3 Å². The first-order chi connectivity index (χ1) is 15.2. The minimum absolute atomic E-state index is 0.205. The van der Waals surface area contributed by atoms with E-state index in [1.54, 1.807) is 16.8 Å². The molecule has 0 spiro atoms. The van der Waals surface area contributed by atoms with Gasteiger partial charge in [-0.1, -0.05) is 30.3 Å². The van der Waals surface area contributed by atoms with Gasteiger partial charge in [-0.3, -0.25) is 4.79 Å². The zero-order valence-corrected chi connectivity index (χ0v) is 17.0. The van der Waals surface area contributed by atoms with Crippen LogP contribution in [0.4, 0.5) is 5.82 Å². The summed E-state index contributed by atoms with van der Waals surface area (Å²) >= 11 is 0. The molecule has 2 aromatic heterocycles. The maximum atomic E-state index is 12.6. The number of para-hydroxylation sites is 2. The molecule has 0 fully saturated rings. The van der Waals surface area contributed by atoms with E-state index in [0.29, 0.717) is 41.8 Å². The van der Waals surface area contributed by atoms with Crippen LogP contribution in [0, 0.1) is 6.92 Å². The quantitative estimate of drug-likeness (QED) is 0.428. The smallest absolute Gasteiger partial charge is 0.255 e. The van der Waals surface area contributed by atoms with Crippen LogP contribution >= 0.6 is 0 Å². The van der Waals surface area contributed by atoms with Crippen molar-refractivity contribution in [2.24, 2.45) is 0 Å². The average molecular weight is 414 g/mol. The second-order valence-corrected chi connectivity index (χ2v) is 6.77. The molecule has 0 saturated heterocycles. The Kier molecular flexibility index (Phi) is 6.18. The summed E-state index contributed by atoms with van der Waals surface area (Å²) in [5.74, 6) is 2.24. The van der Waals surface area contributed by atoms with Gasteiger partial charge in [-0.05, 0) is 49.4 Å². The lowest BCUT2D eigenvalue weighted by atomic mass is 10.2. The molecule has 4 aromatic rings. The van der Waals surface area contributed by atoms with E-state index in [9.17, 15) is 4.79 Å². The van der Waals surface area contributed by atoms with E-state index in [2.05, 4.69) is 25.9 Å². The lowest BCUT2D eigenvalue weighted by Gasteiger charge is -2.12. The maximum Gasteiger partial charge on any atom is 0.255 e. The summed E-state index contributed by atoms with van der Waals surface area (Å²) in [5.41, 5.74) is 1.39.